The van der Waals surface area contributed by atoms with Crippen molar-refractivity contribution in [2.24, 2.45) is 0 Å². The molecule has 0 aromatic heterocycles. The molecule has 6 unspecified atom stereocenters. The summed E-state index contributed by atoms with van der Waals surface area (Å²) in [6.07, 6.45) is 16.7. The number of esters is 2. The summed E-state index contributed by atoms with van der Waals surface area (Å²) in [5.74, 6) is -0.822. The molecule has 0 aromatic carbocycles. The molecule has 0 radical (unpaired) electrons. The fourth-order valence-electron chi connectivity index (χ4n) is 5.24. The van der Waals surface area contributed by atoms with E-state index in [-0.39, 0.29) is 32.0 Å². The van der Waals surface area contributed by atoms with E-state index in [9.17, 15) is 30.0 Å². The molecule has 0 amide bonds. The van der Waals surface area contributed by atoms with Crippen LogP contribution in [-0.4, -0.2) is 89.0 Å². The molecule has 0 bridgehead atoms. The number of hydrogen-bond donors (Lipinski definition) is 4. The summed E-state index contributed by atoms with van der Waals surface area (Å²) in [5.41, 5.74) is 0. The molecule has 1 fully saturated rings. The molecule has 4 N–H and O–H groups in total. The van der Waals surface area contributed by atoms with Crippen LogP contribution >= 0.6 is 0 Å². The molecule has 1 rings (SSSR count). The van der Waals surface area contributed by atoms with E-state index in [0.717, 1.165) is 57.8 Å². The zero-order valence-corrected chi connectivity index (χ0v) is 28.1. The third-order valence-electron chi connectivity index (χ3n) is 8.15. The van der Waals surface area contributed by atoms with Crippen molar-refractivity contribution >= 4 is 11.9 Å². The molecule has 1 aliphatic rings. The highest BCUT2D eigenvalue weighted by molar-refractivity contribution is 5.70. The molecular weight excluding hydrogens is 580 g/mol. The summed E-state index contributed by atoms with van der Waals surface area (Å²) >= 11 is 0. The van der Waals surface area contributed by atoms with Crippen LogP contribution in [0.3, 0.4) is 0 Å². The first-order chi connectivity index (χ1) is 21.8. The molecule has 10 heteroatoms. The van der Waals surface area contributed by atoms with E-state index < -0.39 is 49.4 Å². The van der Waals surface area contributed by atoms with Gasteiger partial charge in [0.25, 0.3) is 0 Å². The van der Waals surface area contributed by atoms with Crippen LogP contribution in [0.1, 0.15) is 142 Å². The normalized spacial score (nSPS) is 22.5. The van der Waals surface area contributed by atoms with Crippen molar-refractivity contribution in [2.75, 3.05) is 19.8 Å². The molecule has 1 heterocycles. The standard InChI is InChI=1S/C35H64O10/c1-3-5-7-9-11-13-14-15-16-18-20-22-24-31(38)44-28(26-42-30(37)23-21-19-17-12-10-8-6-4-2)27-43-35-34(41)33(40)32(39)29(25-36)45-35/h11,13,28-29,32-36,39-41H,3-10,12,14-27H2,1-2H3/b13-11-. The van der Waals surface area contributed by atoms with Crippen molar-refractivity contribution in [3.63, 3.8) is 0 Å². The van der Waals surface area contributed by atoms with Gasteiger partial charge >= 0.3 is 11.9 Å². The number of carbonyl (C=O) groups excluding carboxylic acids is 2. The zero-order valence-electron chi connectivity index (χ0n) is 28.1. The van der Waals surface area contributed by atoms with Gasteiger partial charge in [-0.1, -0.05) is 103 Å². The van der Waals surface area contributed by atoms with Crippen molar-refractivity contribution < 1.29 is 49.0 Å². The number of aliphatic hydroxyl groups excluding tert-OH is 4. The van der Waals surface area contributed by atoms with Crippen molar-refractivity contribution in [3.05, 3.63) is 12.2 Å². The van der Waals surface area contributed by atoms with Gasteiger partial charge in [-0.15, -0.1) is 0 Å². The van der Waals surface area contributed by atoms with Gasteiger partial charge in [-0.05, 0) is 38.5 Å². The summed E-state index contributed by atoms with van der Waals surface area (Å²) in [5, 5.41) is 39.7. The van der Waals surface area contributed by atoms with Gasteiger partial charge in [0.1, 0.15) is 31.0 Å². The zero-order chi connectivity index (χ0) is 33.1. The van der Waals surface area contributed by atoms with Gasteiger partial charge in [0.2, 0.25) is 0 Å². The Morgan fingerprint density at radius 3 is 1.78 bits per heavy atom. The highest BCUT2D eigenvalue weighted by atomic mass is 16.7. The third kappa shape index (κ3) is 20.3. The Kier molecular flexibility index (Phi) is 25.4. The Morgan fingerprint density at radius 1 is 0.667 bits per heavy atom. The van der Waals surface area contributed by atoms with E-state index in [2.05, 4.69) is 26.0 Å². The molecule has 0 aliphatic carbocycles. The number of rotatable bonds is 28. The van der Waals surface area contributed by atoms with E-state index in [4.69, 9.17) is 18.9 Å². The molecule has 10 nitrogen and oxygen atoms in total. The Hall–Kier alpha value is -1.56. The average Bonchev–Trinajstić information content (AvgIpc) is 3.03. The minimum absolute atomic E-state index is 0.217. The molecule has 0 aromatic rings. The number of aliphatic hydroxyl groups is 4. The van der Waals surface area contributed by atoms with Crippen LogP contribution in [0.25, 0.3) is 0 Å². The minimum Gasteiger partial charge on any atom is -0.462 e. The van der Waals surface area contributed by atoms with E-state index in [1.807, 2.05) is 0 Å². The first-order valence-electron chi connectivity index (χ1n) is 17.8. The first kappa shape index (κ1) is 41.5. The molecular formula is C35H64O10. The Morgan fingerprint density at radius 2 is 1.18 bits per heavy atom. The van der Waals surface area contributed by atoms with Crippen LogP contribution in [0.4, 0.5) is 0 Å². The Balaban J connectivity index is 2.45. The number of ether oxygens (including phenoxy) is 4. The number of carbonyl (C=O) groups is 2. The Bertz CT molecular complexity index is 759. The van der Waals surface area contributed by atoms with Gasteiger partial charge in [-0.25, -0.2) is 0 Å². The van der Waals surface area contributed by atoms with E-state index in [0.29, 0.717) is 6.42 Å². The van der Waals surface area contributed by atoms with Crippen molar-refractivity contribution in [1.82, 2.24) is 0 Å². The third-order valence-corrected chi connectivity index (χ3v) is 8.15. The highest BCUT2D eigenvalue weighted by Gasteiger charge is 2.44. The van der Waals surface area contributed by atoms with Gasteiger partial charge in [0.15, 0.2) is 12.4 Å². The quantitative estimate of drug-likeness (QED) is 0.0477. The van der Waals surface area contributed by atoms with Gasteiger partial charge in [0.05, 0.1) is 13.2 Å². The largest absolute Gasteiger partial charge is 0.462 e. The lowest BCUT2D eigenvalue weighted by Crippen LogP contribution is -2.59. The maximum atomic E-state index is 12.6. The van der Waals surface area contributed by atoms with Gasteiger partial charge in [-0.2, -0.15) is 0 Å². The number of hydrogen-bond acceptors (Lipinski definition) is 10. The van der Waals surface area contributed by atoms with Crippen LogP contribution in [0, 0.1) is 0 Å². The second-order valence-electron chi connectivity index (χ2n) is 12.3. The summed E-state index contributed by atoms with van der Waals surface area (Å²) in [6.45, 7) is 3.32. The maximum Gasteiger partial charge on any atom is 0.306 e. The lowest BCUT2D eigenvalue weighted by atomic mass is 9.99. The first-order valence-corrected chi connectivity index (χ1v) is 17.8. The van der Waals surface area contributed by atoms with Crippen LogP contribution < -0.4 is 0 Å². The molecule has 45 heavy (non-hydrogen) atoms. The SMILES string of the molecule is CCCCC/C=C\CCCCCCCC(=O)OC(COC(=O)CCCCCCCCCC)COC1OC(CO)C(O)C(O)C1O. The minimum atomic E-state index is -1.59. The molecule has 1 saturated heterocycles. The molecule has 0 spiro atoms. The maximum absolute atomic E-state index is 12.6. The summed E-state index contributed by atoms with van der Waals surface area (Å²) < 4.78 is 21.9. The van der Waals surface area contributed by atoms with Gasteiger partial charge < -0.3 is 39.4 Å². The summed E-state index contributed by atoms with van der Waals surface area (Å²) in [4.78, 5) is 25.0. The second kappa shape index (κ2) is 27.5. The van der Waals surface area contributed by atoms with Crippen molar-refractivity contribution in [2.45, 2.75) is 179 Å². The molecule has 1 aliphatic heterocycles. The predicted octanol–water partition coefficient (Wildman–Crippen LogP) is 5.66. The average molecular weight is 645 g/mol. The van der Waals surface area contributed by atoms with Crippen LogP contribution in [0.15, 0.2) is 12.2 Å². The van der Waals surface area contributed by atoms with Gasteiger partial charge in [-0.3, -0.25) is 9.59 Å². The number of allylic oxidation sites excluding steroid dienone is 2. The van der Waals surface area contributed by atoms with Crippen LogP contribution in [-0.2, 0) is 28.5 Å². The topological polar surface area (TPSA) is 152 Å². The van der Waals surface area contributed by atoms with Crippen LogP contribution in [0.5, 0.6) is 0 Å². The fourth-order valence-corrected chi connectivity index (χ4v) is 5.24. The monoisotopic (exact) mass is 644 g/mol. The molecule has 6 atom stereocenters. The summed E-state index contributed by atoms with van der Waals surface area (Å²) in [7, 11) is 0. The molecule has 0 saturated carbocycles. The molecule has 264 valence electrons. The fraction of sp³-hybridized carbons (Fsp3) is 0.886. The van der Waals surface area contributed by atoms with Crippen LogP contribution in [0.2, 0.25) is 0 Å². The van der Waals surface area contributed by atoms with E-state index in [1.54, 1.807) is 0 Å². The smallest absolute Gasteiger partial charge is 0.306 e. The second-order valence-corrected chi connectivity index (χ2v) is 12.3. The van der Waals surface area contributed by atoms with E-state index in [1.165, 1.54) is 51.4 Å². The van der Waals surface area contributed by atoms with Gasteiger partial charge in [0, 0.05) is 12.8 Å². The lowest BCUT2D eigenvalue weighted by Gasteiger charge is -2.39. The van der Waals surface area contributed by atoms with Crippen molar-refractivity contribution in [1.29, 1.82) is 0 Å². The number of unbranched alkanes of at least 4 members (excludes halogenated alkanes) is 15. The lowest BCUT2D eigenvalue weighted by molar-refractivity contribution is -0.305. The van der Waals surface area contributed by atoms with E-state index >= 15 is 0 Å². The summed E-state index contributed by atoms with van der Waals surface area (Å²) in [6, 6.07) is 0. The predicted molar refractivity (Wildman–Crippen MR) is 173 cm³/mol. The Labute approximate surface area is 271 Å². The van der Waals surface area contributed by atoms with Crippen molar-refractivity contribution in [3.8, 4) is 0 Å². The highest BCUT2D eigenvalue weighted by Crippen LogP contribution is 2.22.